The molecular weight excluding hydrogens is 240 g/mol. The zero-order valence-corrected chi connectivity index (χ0v) is 8.72. The van der Waals surface area contributed by atoms with Gasteiger partial charge in [-0.15, -0.1) is 11.6 Å². The van der Waals surface area contributed by atoms with Gasteiger partial charge in [0.05, 0.1) is 11.0 Å². The Morgan fingerprint density at radius 1 is 1.38 bits per heavy atom. The topological polar surface area (TPSA) is 43.1 Å². The molecule has 0 radical (unpaired) electrons. The molecule has 16 heavy (non-hydrogen) atoms. The quantitative estimate of drug-likeness (QED) is 0.348. The van der Waals surface area contributed by atoms with Crippen molar-refractivity contribution in [2.45, 2.75) is 6.42 Å². The van der Waals surface area contributed by atoms with Crippen LogP contribution in [0.25, 0.3) is 0 Å². The van der Waals surface area contributed by atoms with Gasteiger partial charge in [-0.1, -0.05) is 11.8 Å². The van der Waals surface area contributed by atoms with E-state index in [0.717, 1.165) is 0 Å². The summed E-state index contributed by atoms with van der Waals surface area (Å²) in [6.07, 6.45) is 0.317. The summed E-state index contributed by atoms with van der Waals surface area (Å²) in [5, 5.41) is 10.5. The minimum absolute atomic E-state index is 0.158. The molecule has 0 atom stereocenters. The van der Waals surface area contributed by atoms with E-state index in [1.807, 2.05) is 0 Å². The number of alkyl halides is 1. The Hall–Kier alpha value is -1.67. The molecule has 0 spiro atoms. The molecule has 1 aromatic rings. The van der Waals surface area contributed by atoms with Crippen LogP contribution in [0.15, 0.2) is 12.1 Å². The van der Waals surface area contributed by atoms with E-state index in [1.165, 1.54) is 0 Å². The first-order chi connectivity index (χ1) is 7.56. The maximum Gasteiger partial charge on any atom is 0.288 e. The molecule has 0 saturated carbocycles. The van der Waals surface area contributed by atoms with E-state index >= 15 is 0 Å². The van der Waals surface area contributed by atoms with E-state index in [4.69, 9.17) is 11.6 Å². The van der Waals surface area contributed by atoms with E-state index in [1.54, 1.807) is 0 Å². The van der Waals surface area contributed by atoms with Gasteiger partial charge in [-0.2, -0.15) is 0 Å². The van der Waals surface area contributed by atoms with E-state index < -0.39 is 22.2 Å². The van der Waals surface area contributed by atoms with Crippen molar-refractivity contribution < 1.29 is 13.7 Å². The molecular formula is C10H6ClF2NO2. The first-order valence-electron chi connectivity index (χ1n) is 4.24. The van der Waals surface area contributed by atoms with Gasteiger partial charge in [0.2, 0.25) is 0 Å². The Morgan fingerprint density at radius 2 is 2.00 bits per heavy atom. The van der Waals surface area contributed by atoms with Gasteiger partial charge in [-0.05, 0) is 6.07 Å². The number of halogens is 3. The molecule has 0 aromatic heterocycles. The Morgan fingerprint density at radius 3 is 2.56 bits per heavy atom. The van der Waals surface area contributed by atoms with Gasteiger partial charge in [-0.25, -0.2) is 8.78 Å². The van der Waals surface area contributed by atoms with Crippen LogP contribution in [0.3, 0.4) is 0 Å². The number of hydrogen-bond acceptors (Lipinski definition) is 2. The summed E-state index contributed by atoms with van der Waals surface area (Å²) < 4.78 is 25.6. The molecule has 3 nitrogen and oxygen atoms in total. The standard InChI is InChI=1S/C10H6ClF2NO2/c11-4-2-1-3-7-5-8(12)9(13)6-10(7)14(15)16/h5-6H,2,4H2. The van der Waals surface area contributed by atoms with Gasteiger partial charge in [0.1, 0.15) is 5.56 Å². The number of nitrogens with zero attached hydrogens (tertiary/aromatic N) is 1. The van der Waals surface area contributed by atoms with Crippen LogP contribution in [0, 0.1) is 33.6 Å². The van der Waals surface area contributed by atoms with Crippen LogP contribution >= 0.6 is 11.6 Å². The number of nitro benzene ring substituents is 1. The summed E-state index contributed by atoms with van der Waals surface area (Å²) in [6, 6.07) is 1.22. The predicted molar refractivity (Wildman–Crippen MR) is 55.2 cm³/mol. The maximum atomic E-state index is 12.8. The molecule has 0 fully saturated rings. The fourth-order valence-electron chi connectivity index (χ4n) is 0.992. The van der Waals surface area contributed by atoms with Crippen molar-refractivity contribution in [3.63, 3.8) is 0 Å². The van der Waals surface area contributed by atoms with Crippen LogP contribution in [0.4, 0.5) is 14.5 Å². The van der Waals surface area contributed by atoms with E-state index in [-0.39, 0.29) is 11.4 Å². The summed E-state index contributed by atoms with van der Waals surface area (Å²) in [7, 11) is 0. The number of hydrogen-bond donors (Lipinski definition) is 0. The van der Waals surface area contributed by atoms with Crippen molar-refractivity contribution in [3.05, 3.63) is 39.4 Å². The van der Waals surface area contributed by atoms with Crippen molar-refractivity contribution in [3.8, 4) is 11.8 Å². The highest BCUT2D eigenvalue weighted by Crippen LogP contribution is 2.21. The van der Waals surface area contributed by atoms with Crippen LogP contribution in [0.5, 0.6) is 0 Å². The summed E-state index contributed by atoms with van der Waals surface area (Å²) in [5.41, 5.74) is -0.713. The maximum absolute atomic E-state index is 12.8. The van der Waals surface area contributed by atoms with Crippen LogP contribution < -0.4 is 0 Å². The van der Waals surface area contributed by atoms with Crippen molar-refractivity contribution in [2.75, 3.05) is 5.88 Å². The molecule has 1 rings (SSSR count). The lowest BCUT2D eigenvalue weighted by Gasteiger charge is -1.97. The first-order valence-corrected chi connectivity index (χ1v) is 4.78. The minimum Gasteiger partial charge on any atom is -0.258 e. The summed E-state index contributed by atoms with van der Waals surface area (Å²) in [4.78, 5) is 9.73. The van der Waals surface area contributed by atoms with Gasteiger partial charge < -0.3 is 0 Å². The number of rotatable bonds is 2. The van der Waals surface area contributed by atoms with Crippen molar-refractivity contribution in [1.82, 2.24) is 0 Å². The average molecular weight is 246 g/mol. The lowest BCUT2D eigenvalue weighted by Crippen LogP contribution is -1.96. The number of benzene rings is 1. The third-order valence-corrected chi connectivity index (χ3v) is 1.87. The molecule has 0 heterocycles. The van der Waals surface area contributed by atoms with Gasteiger partial charge in [0, 0.05) is 12.3 Å². The second-order valence-corrected chi connectivity index (χ2v) is 3.16. The monoisotopic (exact) mass is 245 g/mol. The normalized spacial score (nSPS) is 9.44. The summed E-state index contributed by atoms with van der Waals surface area (Å²) >= 11 is 5.36. The van der Waals surface area contributed by atoms with E-state index in [2.05, 4.69) is 11.8 Å². The average Bonchev–Trinajstić information content (AvgIpc) is 2.23. The molecule has 84 valence electrons. The smallest absolute Gasteiger partial charge is 0.258 e. The summed E-state index contributed by atoms with van der Waals surface area (Å²) in [6.45, 7) is 0. The highest BCUT2D eigenvalue weighted by atomic mass is 35.5. The van der Waals surface area contributed by atoms with Gasteiger partial charge >= 0.3 is 0 Å². The molecule has 0 aliphatic carbocycles. The Labute approximate surface area is 95.2 Å². The second-order valence-electron chi connectivity index (χ2n) is 2.78. The van der Waals surface area contributed by atoms with Crippen molar-refractivity contribution in [1.29, 1.82) is 0 Å². The van der Waals surface area contributed by atoms with E-state index in [0.29, 0.717) is 18.6 Å². The van der Waals surface area contributed by atoms with Crippen LogP contribution in [0.1, 0.15) is 12.0 Å². The highest BCUT2D eigenvalue weighted by molar-refractivity contribution is 6.18. The molecule has 0 N–H and O–H groups in total. The molecule has 0 aliphatic heterocycles. The van der Waals surface area contributed by atoms with Crippen LogP contribution in [-0.2, 0) is 0 Å². The zero-order valence-electron chi connectivity index (χ0n) is 7.97. The van der Waals surface area contributed by atoms with Crippen molar-refractivity contribution >= 4 is 17.3 Å². The lowest BCUT2D eigenvalue weighted by molar-refractivity contribution is -0.385. The van der Waals surface area contributed by atoms with Gasteiger partial charge in [0.15, 0.2) is 11.6 Å². The first kappa shape index (κ1) is 12.4. The zero-order chi connectivity index (χ0) is 12.1. The lowest BCUT2D eigenvalue weighted by atomic mass is 10.1. The van der Waals surface area contributed by atoms with E-state index in [9.17, 15) is 18.9 Å². The number of nitro groups is 1. The Kier molecular flexibility index (Phi) is 4.20. The third kappa shape index (κ3) is 2.91. The molecule has 6 heteroatoms. The molecule has 0 aliphatic rings. The van der Waals surface area contributed by atoms with Crippen molar-refractivity contribution in [2.24, 2.45) is 0 Å². The van der Waals surface area contributed by atoms with Gasteiger partial charge in [-0.3, -0.25) is 10.1 Å². The fourth-order valence-corrected chi connectivity index (χ4v) is 1.09. The second kappa shape index (κ2) is 5.42. The fraction of sp³-hybridized carbons (Fsp3) is 0.200. The SMILES string of the molecule is O=[N+]([O-])c1cc(F)c(F)cc1C#CCCCl. The molecule has 1 aromatic carbocycles. The summed E-state index contributed by atoms with van der Waals surface area (Å²) in [5.74, 6) is 2.73. The predicted octanol–water partition coefficient (Wildman–Crippen LogP) is 2.85. The largest absolute Gasteiger partial charge is 0.288 e. The molecule has 0 unspecified atom stereocenters. The Balaban J connectivity index is 3.21. The van der Waals surface area contributed by atoms with Crippen LogP contribution in [0.2, 0.25) is 0 Å². The molecule has 0 amide bonds. The van der Waals surface area contributed by atoms with Gasteiger partial charge in [0.25, 0.3) is 5.69 Å². The third-order valence-electron chi connectivity index (χ3n) is 1.68. The molecule has 0 saturated heterocycles. The molecule has 0 bridgehead atoms. The Bertz CT molecular complexity index is 480. The minimum atomic E-state index is -1.27. The van der Waals surface area contributed by atoms with Crippen LogP contribution in [-0.4, -0.2) is 10.8 Å². The highest BCUT2D eigenvalue weighted by Gasteiger charge is 2.16.